The Hall–Kier alpha value is -1.31. The minimum Gasteiger partial charge on any atom is -0.339 e. The number of rotatable bonds is 2. The standard InChI is InChI=1S/C11H12NO/c1-12(10-7-8-10)11(13)9-5-3-2-4-6-9/h3-6,10H,7-8H2,1H3. The summed E-state index contributed by atoms with van der Waals surface area (Å²) in [6.07, 6.45) is 2.31. The summed E-state index contributed by atoms with van der Waals surface area (Å²) >= 11 is 0. The lowest BCUT2D eigenvalue weighted by molar-refractivity contribution is 0.0785. The van der Waals surface area contributed by atoms with Crippen molar-refractivity contribution < 1.29 is 4.79 Å². The summed E-state index contributed by atoms with van der Waals surface area (Å²) in [4.78, 5) is 13.6. The number of amides is 1. The fourth-order valence-electron chi connectivity index (χ4n) is 1.36. The smallest absolute Gasteiger partial charge is 0.253 e. The van der Waals surface area contributed by atoms with E-state index >= 15 is 0 Å². The molecule has 1 aliphatic carbocycles. The molecule has 1 saturated carbocycles. The molecule has 0 aromatic heterocycles. The van der Waals surface area contributed by atoms with Crippen molar-refractivity contribution in [1.82, 2.24) is 4.90 Å². The molecule has 2 nitrogen and oxygen atoms in total. The highest BCUT2D eigenvalue weighted by atomic mass is 16.2. The van der Waals surface area contributed by atoms with Crippen LogP contribution in [0.4, 0.5) is 0 Å². The monoisotopic (exact) mass is 174 g/mol. The van der Waals surface area contributed by atoms with Gasteiger partial charge in [0, 0.05) is 18.7 Å². The second-order valence-electron chi connectivity index (χ2n) is 3.44. The van der Waals surface area contributed by atoms with Gasteiger partial charge in [0.05, 0.1) is 0 Å². The Balaban J connectivity index is 2.12. The molecule has 13 heavy (non-hydrogen) atoms. The first-order valence-corrected chi connectivity index (χ1v) is 4.52. The Morgan fingerprint density at radius 3 is 2.62 bits per heavy atom. The Kier molecular flexibility index (Phi) is 2.05. The van der Waals surface area contributed by atoms with Crippen LogP contribution in [0.25, 0.3) is 0 Å². The van der Waals surface area contributed by atoms with Crippen molar-refractivity contribution in [2.45, 2.75) is 18.9 Å². The largest absolute Gasteiger partial charge is 0.339 e. The van der Waals surface area contributed by atoms with E-state index in [-0.39, 0.29) is 5.91 Å². The van der Waals surface area contributed by atoms with Crippen LogP contribution in [0.1, 0.15) is 23.2 Å². The summed E-state index contributed by atoms with van der Waals surface area (Å²) in [5.41, 5.74) is 0.758. The normalized spacial score (nSPS) is 15.5. The predicted octanol–water partition coefficient (Wildman–Crippen LogP) is 1.72. The fourth-order valence-corrected chi connectivity index (χ4v) is 1.36. The van der Waals surface area contributed by atoms with Gasteiger partial charge in [-0.1, -0.05) is 12.1 Å². The highest BCUT2D eigenvalue weighted by Gasteiger charge is 2.29. The maximum absolute atomic E-state index is 11.7. The van der Waals surface area contributed by atoms with Gasteiger partial charge in [0.1, 0.15) is 0 Å². The van der Waals surface area contributed by atoms with Crippen LogP contribution in [0.3, 0.4) is 0 Å². The van der Waals surface area contributed by atoms with Crippen LogP contribution in [0, 0.1) is 6.07 Å². The molecule has 0 bridgehead atoms. The van der Waals surface area contributed by atoms with E-state index in [1.807, 2.05) is 11.9 Å². The summed E-state index contributed by atoms with van der Waals surface area (Å²) in [6.45, 7) is 0. The molecule has 1 amide bonds. The number of hydrogen-bond acceptors (Lipinski definition) is 1. The van der Waals surface area contributed by atoms with Gasteiger partial charge in [-0.05, 0) is 31.0 Å². The van der Waals surface area contributed by atoms with E-state index in [1.165, 1.54) is 0 Å². The molecular formula is C11H12NO. The zero-order valence-electron chi connectivity index (χ0n) is 7.66. The number of benzene rings is 1. The van der Waals surface area contributed by atoms with Crippen molar-refractivity contribution in [3.63, 3.8) is 0 Å². The van der Waals surface area contributed by atoms with Crippen molar-refractivity contribution in [1.29, 1.82) is 0 Å². The topological polar surface area (TPSA) is 20.3 Å². The summed E-state index contributed by atoms with van der Waals surface area (Å²) in [7, 11) is 1.87. The first-order chi connectivity index (χ1) is 6.29. The second kappa shape index (κ2) is 3.21. The maximum Gasteiger partial charge on any atom is 0.253 e. The highest BCUT2D eigenvalue weighted by molar-refractivity contribution is 5.94. The van der Waals surface area contributed by atoms with E-state index in [0.717, 1.165) is 18.4 Å². The Morgan fingerprint density at radius 1 is 1.46 bits per heavy atom. The Bertz CT molecular complexity index is 303. The predicted molar refractivity (Wildman–Crippen MR) is 50.4 cm³/mol. The third-order valence-electron chi connectivity index (χ3n) is 2.38. The number of nitrogens with zero attached hydrogens (tertiary/aromatic N) is 1. The molecule has 0 heterocycles. The molecule has 2 rings (SSSR count). The number of carbonyl (C=O) groups is 1. The second-order valence-corrected chi connectivity index (χ2v) is 3.44. The van der Waals surface area contributed by atoms with Crippen molar-refractivity contribution in [2.75, 3.05) is 7.05 Å². The van der Waals surface area contributed by atoms with E-state index < -0.39 is 0 Å². The molecule has 1 aromatic carbocycles. The average molecular weight is 174 g/mol. The van der Waals surface area contributed by atoms with Crippen LogP contribution in [-0.4, -0.2) is 23.9 Å². The zero-order valence-corrected chi connectivity index (χ0v) is 7.66. The van der Waals surface area contributed by atoms with Gasteiger partial charge >= 0.3 is 0 Å². The molecule has 0 unspecified atom stereocenters. The summed E-state index contributed by atoms with van der Waals surface area (Å²) in [6, 6.07) is 10.5. The van der Waals surface area contributed by atoms with E-state index in [1.54, 1.807) is 24.3 Å². The van der Waals surface area contributed by atoms with E-state index in [0.29, 0.717) is 6.04 Å². The van der Waals surface area contributed by atoms with Crippen molar-refractivity contribution in [2.24, 2.45) is 0 Å². The van der Waals surface area contributed by atoms with E-state index in [4.69, 9.17) is 0 Å². The SMILES string of the molecule is CN(C(=O)c1cc[c]cc1)C1CC1. The van der Waals surface area contributed by atoms with Crippen LogP contribution in [-0.2, 0) is 0 Å². The maximum atomic E-state index is 11.7. The van der Waals surface area contributed by atoms with Gasteiger partial charge in [0.15, 0.2) is 0 Å². The van der Waals surface area contributed by atoms with Crippen LogP contribution in [0.2, 0.25) is 0 Å². The summed E-state index contributed by atoms with van der Waals surface area (Å²) < 4.78 is 0. The zero-order chi connectivity index (χ0) is 9.26. The molecule has 0 saturated heterocycles. The molecule has 0 atom stereocenters. The molecule has 2 heteroatoms. The molecule has 1 radical (unpaired) electrons. The molecule has 0 spiro atoms. The molecule has 67 valence electrons. The third kappa shape index (κ3) is 1.72. The quantitative estimate of drug-likeness (QED) is 0.668. The van der Waals surface area contributed by atoms with Crippen LogP contribution >= 0.6 is 0 Å². The lowest BCUT2D eigenvalue weighted by Gasteiger charge is -2.15. The minimum absolute atomic E-state index is 0.122. The van der Waals surface area contributed by atoms with Crippen LogP contribution in [0.15, 0.2) is 24.3 Å². The van der Waals surface area contributed by atoms with Gasteiger partial charge in [0.2, 0.25) is 0 Å². The summed E-state index contributed by atoms with van der Waals surface area (Å²) in [5, 5.41) is 0. The van der Waals surface area contributed by atoms with Crippen LogP contribution in [0.5, 0.6) is 0 Å². The summed E-state index contributed by atoms with van der Waals surface area (Å²) in [5.74, 6) is 0.122. The molecule has 1 aromatic rings. The van der Waals surface area contributed by atoms with Crippen molar-refractivity contribution in [3.05, 3.63) is 35.9 Å². The van der Waals surface area contributed by atoms with Gasteiger partial charge in [-0.3, -0.25) is 4.79 Å². The van der Waals surface area contributed by atoms with Crippen molar-refractivity contribution in [3.8, 4) is 0 Å². The van der Waals surface area contributed by atoms with Crippen LogP contribution < -0.4 is 0 Å². The molecular weight excluding hydrogens is 162 g/mol. The molecule has 0 aliphatic heterocycles. The Morgan fingerprint density at radius 2 is 2.08 bits per heavy atom. The number of carbonyl (C=O) groups excluding carboxylic acids is 1. The number of hydrogen-bond donors (Lipinski definition) is 0. The third-order valence-corrected chi connectivity index (χ3v) is 2.38. The van der Waals surface area contributed by atoms with Gasteiger partial charge in [-0.2, -0.15) is 0 Å². The minimum atomic E-state index is 0.122. The fraction of sp³-hybridized carbons (Fsp3) is 0.364. The molecule has 0 N–H and O–H groups in total. The lowest BCUT2D eigenvalue weighted by Crippen LogP contribution is -2.28. The van der Waals surface area contributed by atoms with Crippen molar-refractivity contribution >= 4 is 5.91 Å². The molecule has 1 aliphatic rings. The van der Waals surface area contributed by atoms with E-state index in [2.05, 4.69) is 6.07 Å². The van der Waals surface area contributed by atoms with Gasteiger partial charge in [-0.25, -0.2) is 0 Å². The lowest BCUT2D eigenvalue weighted by atomic mass is 10.2. The van der Waals surface area contributed by atoms with Gasteiger partial charge < -0.3 is 4.90 Å². The molecule has 1 fully saturated rings. The average Bonchev–Trinajstić information content (AvgIpc) is 3.00. The van der Waals surface area contributed by atoms with Gasteiger partial charge in [0.25, 0.3) is 5.91 Å². The van der Waals surface area contributed by atoms with E-state index in [9.17, 15) is 4.79 Å². The first-order valence-electron chi connectivity index (χ1n) is 4.52. The highest BCUT2D eigenvalue weighted by Crippen LogP contribution is 2.26. The first kappa shape index (κ1) is 8.30. The Labute approximate surface area is 78.2 Å². The van der Waals surface area contributed by atoms with Gasteiger partial charge in [-0.15, -0.1) is 0 Å².